The Morgan fingerprint density at radius 1 is 1.39 bits per heavy atom. The third-order valence-electron chi connectivity index (χ3n) is 2.63. The Balaban J connectivity index is 1.94. The van der Waals surface area contributed by atoms with Crippen LogP contribution in [-0.2, 0) is 16.4 Å². The number of ether oxygens (including phenoxy) is 1. The molecule has 2 aromatic rings. The number of thiazole rings is 1. The fraction of sp³-hybridized carbons (Fsp3) is 0.182. The SMILES string of the molecule is O=S(=O)(Nc1nccs1)c1ccc2c(c1)CCO2. The number of aromatic nitrogens is 1. The van der Waals surface area contributed by atoms with Crippen molar-refractivity contribution in [1.29, 1.82) is 0 Å². The van der Waals surface area contributed by atoms with Crippen LogP contribution < -0.4 is 9.46 Å². The third kappa shape index (κ3) is 2.06. The van der Waals surface area contributed by atoms with E-state index in [2.05, 4.69) is 9.71 Å². The summed E-state index contributed by atoms with van der Waals surface area (Å²) in [5.41, 5.74) is 0.928. The highest BCUT2D eigenvalue weighted by Gasteiger charge is 2.19. The maximum atomic E-state index is 12.1. The molecule has 0 saturated carbocycles. The van der Waals surface area contributed by atoms with Crippen LogP contribution >= 0.6 is 11.3 Å². The molecule has 0 aliphatic carbocycles. The minimum atomic E-state index is -3.56. The van der Waals surface area contributed by atoms with Crippen molar-refractivity contribution in [3.63, 3.8) is 0 Å². The molecule has 1 aliphatic rings. The maximum absolute atomic E-state index is 12.1. The summed E-state index contributed by atoms with van der Waals surface area (Å²) < 4.78 is 32.0. The van der Waals surface area contributed by atoms with Crippen molar-refractivity contribution in [2.24, 2.45) is 0 Å². The second-order valence-electron chi connectivity index (χ2n) is 3.81. The molecule has 0 unspecified atom stereocenters. The molecule has 0 spiro atoms. The average Bonchev–Trinajstić information content (AvgIpc) is 2.97. The van der Waals surface area contributed by atoms with E-state index in [9.17, 15) is 8.42 Å². The minimum Gasteiger partial charge on any atom is -0.493 e. The number of rotatable bonds is 3. The number of hydrogen-bond donors (Lipinski definition) is 1. The van der Waals surface area contributed by atoms with Gasteiger partial charge in [0, 0.05) is 18.0 Å². The normalized spacial score (nSPS) is 14.0. The summed E-state index contributed by atoms with van der Waals surface area (Å²) in [6.07, 6.45) is 2.30. The van der Waals surface area contributed by atoms with Gasteiger partial charge in [-0.05, 0) is 23.8 Å². The number of anilines is 1. The highest BCUT2D eigenvalue weighted by molar-refractivity contribution is 7.93. The van der Waals surface area contributed by atoms with E-state index in [1.165, 1.54) is 11.3 Å². The van der Waals surface area contributed by atoms with Crippen LogP contribution in [0.2, 0.25) is 0 Å². The molecule has 1 aromatic carbocycles. The summed E-state index contributed by atoms with van der Waals surface area (Å²) in [5.74, 6) is 0.767. The highest BCUT2D eigenvalue weighted by atomic mass is 32.2. The lowest BCUT2D eigenvalue weighted by Crippen LogP contribution is -2.12. The van der Waals surface area contributed by atoms with Crippen molar-refractivity contribution in [3.8, 4) is 5.75 Å². The van der Waals surface area contributed by atoms with E-state index < -0.39 is 10.0 Å². The van der Waals surface area contributed by atoms with Crippen LogP contribution in [0.15, 0.2) is 34.7 Å². The van der Waals surface area contributed by atoms with E-state index in [0.29, 0.717) is 11.7 Å². The van der Waals surface area contributed by atoms with Crippen molar-refractivity contribution >= 4 is 26.5 Å². The molecule has 7 heteroatoms. The van der Waals surface area contributed by atoms with Crippen LogP contribution in [0.4, 0.5) is 5.13 Å². The van der Waals surface area contributed by atoms with Gasteiger partial charge in [0.2, 0.25) is 0 Å². The quantitative estimate of drug-likeness (QED) is 0.933. The first-order chi connectivity index (χ1) is 8.65. The Morgan fingerprint density at radius 2 is 2.28 bits per heavy atom. The van der Waals surface area contributed by atoms with Crippen molar-refractivity contribution in [3.05, 3.63) is 35.3 Å². The Labute approximate surface area is 108 Å². The Hall–Kier alpha value is -1.60. The van der Waals surface area contributed by atoms with Crippen LogP contribution in [0.3, 0.4) is 0 Å². The van der Waals surface area contributed by atoms with Crippen molar-refractivity contribution in [2.45, 2.75) is 11.3 Å². The standard InChI is InChI=1S/C11H10N2O3S2/c14-18(15,13-11-12-4-6-17-11)9-1-2-10-8(7-9)3-5-16-10/h1-2,4,6-7H,3,5H2,(H,12,13). The average molecular weight is 282 g/mol. The molecule has 0 fully saturated rings. The number of fused-ring (bicyclic) bond motifs is 1. The van der Waals surface area contributed by atoms with Crippen LogP contribution in [0.25, 0.3) is 0 Å². The summed E-state index contributed by atoms with van der Waals surface area (Å²) in [6, 6.07) is 4.89. The van der Waals surface area contributed by atoms with Crippen molar-refractivity contribution < 1.29 is 13.2 Å². The lowest BCUT2D eigenvalue weighted by Gasteiger charge is -2.06. The molecule has 0 saturated heterocycles. The number of nitrogens with one attached hydrogen (secondary N) is 1. The monoisotopic (exact) mass is 282 g/mol. The second-order valence-corrected chi connectivity index (χ2v) is 6.39. The molecule has 1 aromatic heterocycles. The number of nitrogens with zero attached hydrogens (tertiary/aromatic N) is 1. The van der Waals surface area contributed by atoms with Crippen molar-refractivity contribution in [2.75, 3.05) is 11.3 Å². The van der Waals surface area contributed by atoms with Gasteiger partial charge >= 0.3 is 0 Å². The first-order valence-corrected chi connectivity index (χ1v) is 7.69. The summed E-state index contributed by atoms with van der Waals surface area (Å²) in [7, 11) is -3.56. The molecule has 0 bridgehead atoms. The van der Waals surface area contributed by atoms with E-state index in [0.717, 1.165) is 17.7 Å². The lowest BCUT2D eigenvalue weighted by atomic mass is 10.2. The van der Waals surface area contributed by atoms with Gasteiger partial charge in [-0.3, -0.25) is 4.72 Å². The van der Waals surface area contributed by atoms with E-state index in [1.54, 1.807) is 29.8 Å². The summed E-state index contributed by atoms with van der Waals surface area (Å²) >= 11 is 1.24. The summed E-state index contributed by atoms with van der Waals surface area (Å²) in [4.78, 5) is 4.14. The molecule has 0 amide bonds. The second kappa shape index (κ2) is 4.25. The first kappa shape index (κ1) is 11.5. The molecule has 18 heavy (non-hydrogen) atoms. The van der Waals surface area contributed by atoms with Crippen molar-refractivity contribution in [1.82, 2.24) is 4.98 Å². The lowest BCUT2D eigenvalue weighted by molar-refractivity contribution is 0.356. The molecule has 94 valence electrons. The van der Waals surface area contributed by atoms with Gasteiger partial charge in [-0.1, -0.05) is 0 Å². The molecule has 5 nitrogen and oxygen atoms in total. The van der Waals surface area contributed by atoms with Gasteiger partial charge in [-0.25, -0.2) is 13.4 Å². The molecule has 1 N–H and O–H groups in total. The van der Waals surface area contributed by atoms with Gasteiger partial charge in [0.15, 0.2) is 5.13 Å². The molecule has 2 heterocycles. The predicted molar refractivity (Wildman–Crippen MR) is 68.6 cm³/mol. The number of hydrogen-bond acceptors (Lipinski definition) is 5. The predicted octanol–water partition coefficient (Wildman–Crippen LogP) is 1.88. The molecule has 1 aliphatic heterocycles. The van der Waals surface area contributed by atoms with Crippen LogP contribution in [0.1, 0.15) is 5.56 Å². The van der Waals surface area contributed by atoms with Gasteiger partial charge in [0.05, 0.1) is 11.5 Å². The van der Waals surface area contributed by atoms with E-state index in [1.807, 2.05) is 0 Å². The van der Waals surface area contributed by atoms with E-state index in [4.69, 9.17) is 4.74 Å². The van der Waals surface area contributed by atoms with Crippen LogP contribution in [-0.4, -0.2) is 20.0 Å². The zero-order valence-corrected chi connectivity index (χ0v) is 10.9. The van der Waals surface area contributed by atoms with Gasteiger partial charge in [-0.15, -0.1) is 11.3 Å². The molecule has 3 rings (SSSR count). The highest BCUT2D eigenvalue weighted by Crippen LogP contribution is 2.28. The largest absolute Gasteiger partial charge is 0.493 e. The summed E-state index contributed by atoms with van der Waals surface area (Å²) in [5, 5.41) is 2.08. The molecule has 0 atom stereocenters. The Kier molecular flexibility index (Phi) is 2.71. The Morgan fingerprint density at radius 3 is 3.06 bits per heavy atom. The van der Waals surface area contributed by atoms with Crippen LogP contribution in [0.5, 0.6) is 5.75 Å². The van der Waals surface area contributed by atoms with Crippen LogP contribution in [0, 0.1) is 0 Å². The zero-order valence-electron chi connectivity index (χ0n) is 9.29. The zero-order chi connectivity index (χ0) is 12.6. The molecular formula is C11H10N2O3S2. The molecule has 0 radical (unpaired) electrons. The first-order valence-electron chi connectivity index (χ1n) is 5.33. The topological polar surface area (TPSA) is 68.3 Å². The summed E-state index contributed by atoms with van der Waals surface area (Å²) in [6.45, 7) is 0.610. The number of sulfonamides is 1. The van der Waals surface area contributed by atoms with E-state index >= 15 is 0 Å². The Bertz CT molecular complexity index is 666. The van der Waals surface area contributed by atoms with Gasteiger partial charge in [-0.2, -0.15) is 0 Å². The molecular weight excluding hydrogens is 272 g/mol. The fourth-order valence-corrected chi connectivity index (χ4v) is 3.62. The fourth-order valence-electron chi connectivity index (χ4n) is 1.78. The maximum Gasteiger partial charge on any atom is 0.263 e. The third-order valence-corrected chi connectivity index (χ3v) is 4.78. The van der Waals surface area contributed by atoms with Gasteiger partial charge in [0.1, 0.15) is 5.75 Å². The number of benzene rings is 1. The van der Waals surface area contributed by atoms with Gasteiger partial charge in [0.25, 0.3) is 10.0 Å². The van der Waals surface area contributed by atoms with Gasteiger partial charge < -0.3 is 4.74 Å². The van der Waals surface area contributed by atoms with E-state index in [-0.39, 0.29) is 4.90 Å². The smallest absolute Gasteiger partial charge is 0.263 e. The minimum absolute atomic E-state index is 0.238.